The molecule has 24 aromatic rings. The molecule has 0 bridgehead atoms. The van der Waals surface area contributed by atoms with E-state index >= 15 is 0 Å². The van der Waals surface area contributed by atoms with E-state index in [1.807, 2.05) is 17.4 Å². The molecule has 22 aromatic carbocycles. The van der Waals surface area contributed by atoms with Crippen molar-refractivity contribution in [3.8, 4) is 89.0 Å². The van der Waals surface area contributed by atoms with Crippen molar-refractivity contribution >= 4 is 143 Å². The molecule has 0 unspecified atom stereocenters. The Morgan fingerprint density at radius 3 is 0.799 bits per heavy atom. The van der Waals surface area contributed by atoms with Crippen LogP contribution in [0, 0.1) is 0 Å². The summed E-state index contributed by atoms with van der Waals surface area (Å²) in [7, 11) is 0. The topological polar surface area (TPSA) is 26.1 Å². The molecule has 0 aliphatic carbocycles. The van der Waals surface area contributed by atoms with Gasteiger partial charge in [0.05, 0.1) is 11.1 Å². The molecule has 134 heavy (non-hydrogen) atoms. The van der Waals surface area contributed by atoms with Crippen LogP contribution < -0.4 is 19.6 Å². The van der Waals surface area contributed by atoms with Gasteiger partial charge in [-0.25, -0.2) is 0 Å². The fourth-order valence-corrected chi connectivity index (χ4v) is 20.1. The summed E-state index contributed by atoms with van der Waals surface area (Å²) in [5.41, 5.74) is 33.0. The number of furan rings is 1. The first-order chi connectivity index (χ1) is 66.4. The molecule has 632 valence electrons. The number of anilines is 12. The Kier molecular flexibility index (Phi) is 21.9. The summed E-state index contributed by atoms with van der Waals surface area (Å²) in [4.78, 5) is 9.63. The van der Waals surface area contributed by atoms with Crippen molar-refractivity contribution in [1.29, 1.82) is 0 Å². The van der Waals surface area contributed by atoms with Crippen LogP contribution in [0.3, 0.4) is 0 Å². The van der Waals surface area contributed by atoms with Gasteiger partial charge in [0, 0.05) is 88.1 Å². The van der Waals surface area contributed by atoms with Crippen LogP contribution in [0.25, 0.3) is 153 Å². The van der Waals surface area contributed by atoms with Crippen molar-refractivity contribution in [3.63, 3.8) is 0 Å². The number of benzene rings is 22. The van der Waals surface area contributed by atoms with Gasteiger partial charge >= 0.3 is 0 Å². The average molecular weight is 1730 g/mol. The monoisotopic (exact) mass is 1730 g/mol. The van der Waals surface area contributed by atoms with Crippen molar-refractivity contribution < 1.29 is 4.42 Å². The van der Waals surface area contributed by atoms with Crippen LogP contribution in [0.2, 0.25) is 0 Å². The second-order valence-electron chi connectivity index (χ2n) is 33.9. The van der Waals surface area contributed by atoms with Crippen LogP contribution in [0.1, 0.15) is 0 Å². The Balaban J connectivity index is 0.000000151. The van der Waals surface area contributed by atoms with E-state index in [-0.39, 0.29) is 0 Å². The number of rotatable bonds is 20. The first kappa shape index (κ1) is 81.1. The van der Waals surface area contributed by atoms with E-state index in [0.29, 0.717) is 0 Å². The molecule has 0 amide bonds. The molecular formula is C128H88N4OS. The summed E-state index contributed by atoms with van der Waals surface area (Å²) < 4.78 is 9.10. The van der Waals surface area contributed by atoms with Gasteiger partial charge in [-0.2, -0.15) is 0 Å². The van der Waals surface area contributed by atoms with Gasteiger partial charge < -0.3 is 24.0 Å². The van der Waals surface area contributed by atoms with Crippen molar-refractivity contribution in [2.24, 2.45) is 0 Å². The lowest BCUT2D eigenvalue weighted by Crippen LogP contribution is -2.14. The van der Waals surface area contributed by atoms with Gasteiger partial charge in [-0.15, -0.1) is 11.3 Å². The lowest BCUT2D eigenvalue weighted by atomic mass is 9.98. The first-order valence-electron chi connectivity index (χ1n) is 45.6. The van der Waals surface area contributed by atoms with Gasteiger partial charge in [0.15, 0.2) is 0 Å². The Hall–Kier alpha value is -17.4. The van der Waals surface area contributed by atoms with Crippen molar-refractivity contribution in [3.05, 3.63) is 534 Å². The minimum absolute atomic E-state index is 0.842. The molecule has 2 aromatic heterocycles. The molecular weight excluding hydrogens is 1640 g/mol. The summed E-state index contributed by atoms with van der Waals surface area (Å²) in [5, 5.41) is 9.54. The molecule has 2 heterocycles. The lowest BCUT2D eigenvalue weighted by molar-refractivity contribution is 0.669. The van der Waals surface area contributed by atoms with Crippen molar-refractivity contribution in [2.45, 2.75) is 0 Å². The summed E-state index contributed by atoms with van der Waals surface area (Å²) in [6.45, 7) is 0. The number of hydrogen-bond acceptors (Lipinski definition) is 6. The van der Waals surface area contributed by atoms with Crippen molar-refractivity contribution in [2.75, 3.05) is 19.6 Å². The van der Waals surface area contributed by atoms with Gasteiger partial charge in [0.1, 0.15) is 11.2 Å². The molecule has 0 aliphatic heterocycles. The highest BCUT2D eigenvalue weighted by molar-refractivity contribution is 7.25. The van der Waals surface area contributed by atoms with Crippen LogP contribution in [-0.2, 0) is 0 Å². The van der Waals surface area contributed by atoms with Crippen LogP contribution in [0.5, 0.6) is 0 Å². The van der Waals surface area contributed by atoms with Crippen LogP contribution in [0.4, 0.5) is 68.2 Å². The van der Waals surface area contributed by atoms with Crippen LogP contribution in [-0.4, -0.2) is 0 Å². The zero-order valence-corrected chi connectivity index (χ0v) is 74.2. The number of para-hydroxylation sites is 1. The third-order valence-electron chi connectivity index (χ3n) is 25.6. The first-order valence-corrected chi connectivity index (χ1v) is 46.4. The fourth-order valence-electron chi connectivity index (χ4n) is 18.9. The second kappa shape index (κ2) is 36.3. The third kappa shape index (κ3) is 16.5. The molecule has 0 atom stereocenters. The highest BCUT2D eigenvalue weighted by Gasteiger charge is 2.27. The predicted octanol–water partition coefficient (Wildman–Crippen LogP) is 37.2. The minimum Gasteiger partial charge on any atom is -0.456 e. The van der Waals surface area contributed by atoms with E-state index in [0.717, 1.165) is 118 Å². The van der Waals surface area contributed by atoms with E-state index in [9.17, 15) is 0 Å². The molecule has 0 saturated carbocycles. The summed E-state index contributed by atoms with van der Waals surface area (Å²) >= 11 is 1.85. The number of fused-ring (bicyclic) bond motifs is 8. The van der Waals surface area contributed by atoms with Gasteiger partial charge in [-0.3, -0.25) is 0 Å². The molecule has 0 fully saturated rings. The summed E-state index contributed by atoms with van der Waals surface area (Å²) in [6.07, 6.45) is 0. The van der Waals surface area contributed by atoms with E-state index in [2.05, 4.69) is 547 Å². The molecule has 0 spiro atoms. The molecule has 6 heteroatoms. The summed E-state index contributed by atoms with van der Waals surface area (Å²) in [6, 6.07) is 193. The maximum Gasteiger partial charge on any atom is 0.137 e. The third-order valence-corrected chi connectivity index (χ3v) is 26.8. The van der Waals surface area contributed by atoms with E-state index in [1.54, 1.807) is 0 Å². The Morgan fingerprint density at radius 2 is 0.418 bits per heavy atom. The van der Waals surface area contributed by atoms with E-state index < -0.39 is 0 Å². The maximum absolute atomic E-state index is 6.55. The van der Waals surface area contributed by atoms with E-state index in [4.69, 9.17) is 4.42 Å². The summed E-state index contributed by atoms with van der Waals surface area (Å²) in [5.74, 6) is 0. The quantitative estimate of drug-likeness (QED) is 0.0758. The maximum atomic E-state index is 6.55. The van der Waals surface area contributed by atoms with Crippen LogP contribution in [0.15, 0.2) is 538 Å². The zero-order valence-electron chi connectivity index (χ0n) is 73.4. The molecule has 0 aliphatic rings. The fraction of sp³-hybridized carbons (Fsp3) is 0. The molecule has 24 rings (SSSR count). The van der Waals surface area contributed by atoms with Crippen LogP contribution >= 0.6 is 11.3 Å². The molecule has 0 N–H and O–H groups in total. The average Bonchev–Trinajstić information content (AvgIpc) is 1.54. The molecule has 0 saturated heterocycles. The normalized spacial score (nSPS) is 11.3. The minimum atomic E-state index is 0.842. The van der Waals surface area contributed by atoms with E-state index in [1.165, 1.54) is 103 Å². The number of nitrogens with zero attached hydrogens (tertiary/aromatic N) is 4. The van der Waals surface area contributed by atoms with Gasteiger partial charge in [0.25, 0.3) is 0 Å². The Labute approximate surface area is 784 Å². The highest BCUT2D eigenvalue weighted by atomic mass is 32.1. The molecule has 5 nitrogen and oxygen atoms in total. The SMILES string of the molecule is c1ccc(-c2ccc(N(c3ccc(-c4ccccc4)cc3)c3cc(-c4ccc5ccccc5c4)cc(N(c4ccc(-c5ccccc5)cc4)c4ccc5c(c4)sc4ccccc45)c3)cc2)cc1.c1ccc(-c2ccc(N(c3ccc(-c4ccccc4)cc3)c3cc(-c4ccc5ccccc5c4)cc(N(c4ccc(-c5ccccc5)cc4)c4cccc5oc6ccccc6c45)c3)cc2)cc1. The largest absolute Gasteiger partial charge is 0.456 e. The highest BCUT2D eigenvalue weighted by Crippen LogP contribution is 2.51. The number of hydrogen-bond donors (Lipinski definition) is 0. The lowest BCUT2D eigenvalue weighted by Gasteiger charge is -2.31. The van der Waals surface area contributed by atoms with Gasteiger partial charge in [-0.1, -0.05) is 376 Å². The van der Waals surface area contributed by atoms with Crippen molar-refractivity contribution in [1.82, 2.24) is 0 Å². The Morgan fingerprint density at radius 1 is 0.142 bits per heavy atom. The smallest absolute Gasteiger partial charge is 0.137 e. The predicted molar refractivity (Wildman–Crippen MR) is 570 cm³/mol. The Bertz CT molecular complexity index is 8140. The second-order valence-corrected chi connectivity index (χ2v) is 35.0. The van der Waals surface area contributed by atoms with Gasteiger partial charge in [0.2, 0.25) is 0 Å². The standard InChI is InChI=1S/C64H44N2O.C64H44N2S/c1-4-15-45(16-5-1)49-29-35-55(36-30-49)65(56-37-31-50(32-38-56)46-17-6-2-7-18-46)58-42-54(53-28-27-48-21-10-11-22-52(48)41-53)43-59(44-58)66(57-39-33-51(34-40-57)47-19-8-3-9-20-47)61-24-14-26-63-64(61)60-23-12-13-25-62(60)67-63;1-4-14-45(15-5-1)49-26-32-55(33-27-49)65(56-34-28-50(29-35-56)46-16-6-2-7-17-46)59-41-54(53-25-24-48-20-10-11-21-52(48)40-53)42-60(43-59)66(57-36-30-51(31-37-57)47-18-8-3-9-19-47)58-38-39-62-61-22-12-13-23-63(61)67-64(62)44-58/h2*1-44H. The zero-order chi connectivity index (χ0) is 89.0. The molecule has 0 radical (unpaired) electrons. The number of thiophene rings is 1. The van der Waals surface area contributed by atoms with Gasteiger partial charge in [-0.05, 0) is 268 Å².